The molecule has 0 spiro atoms. The van der Waals surface area contributed by atoms with E-state index in [9.17, 15) is 9.59 Å². The number of hydrogen-bond donors (Lipinski definition) is 1. The second kappa shape index (κ2) is 5.18. The fraction of sp³-hybridized carbons (Fsp3) is 0.231. The van der Waals surface area contributed by atoms with Gasteiger partial charge >= 0.3 is 5.97 Å². The minimum atomic E-state index is -0.455. The zero-order valence-corrected chi connectivity index (χ0v) is 11.0. The number of carbonyl (C=O) groups excluding carboxylic acids is 2. The Hall–Kier alpha value is -1.88. The van der Waals surface area contributed by atoms with Gasteiger partial charge < -0.3 is 9.72 Å². The summed E-state index contributed by atoms with van der Waals surface area (Å²) in [7, 11) is 0. The Morgan fingerprint density at radius 1 is 1.39 bits per heavy atom. The monoisotopic (exact) mass is 263 g/mol. The van der Waals surface area contributed by atoms with Gasteiger partial charge in [-0.15, -0.1) is 11.3 Å². The minimum Gasteiger partial charge on any atom is -0.453 e. The van der Waals surface area contributed by atoms with E-state index in [-0.39, 0.29) is 12.4 Å². The molecular formula is C13H13NO3S. The summed E-state index contributed by atoms with van der Waals surface area (Å²) >= 11 is 1.29. The van der Waals surface area contributed by atoms with Crippen molar-refractivity contribution in [1.29, 1.82) is 0 Å². The average Bonchev–Trinajstić information content (AvgIpc) is 2.95. The summed E-state index contributed by atoms with van der Waals surface area (Å²) in [6.45, 7) is 3.47. The zero-order chi connectivity index (χ0) is 13.1. The predicted molar refractivity (Wildman–Crippen MR) is 69.2 cm³/mol. The number of aryl methyl sites for hydroxylation is 2. The zero-order valence-electron chi connectivity index (χ0n) is 10.1. The molecule has 18 heavy (non-hydrogen) atoms. The normalized spacial score (nSPS) is 10.3. The topological polar surface area (TPSA) is 59.2 Å². The van der Waals surface area contributed by atoms with Gasteiger partial charge in [0.1, 0.15) is 4.88 Å². The van der Waals surface area contributed by atoms with Crippen molar-refractivity contribution in [3.8, 4) is 0 Å². The molecule has 2 aromatic heterocycles. The fourth-order valence-corrected chi connectivity index (χ4v) is 2.30. The number of ether oxygens (including phenoxy) is 1. The van der Waals surface area contributed by atoms with E-state index >= 15 is 0 Å². The highest BCUT2D eigenvalue weighted by Gasteiger charge is 2.15. The van der Waals surface area contributed by atoms with Crippen LogP contribution < -0.4 is 0 Å². The lowest BCUT2D eigenvalue weighted by atomic mass is 10.2. The maximum Gasteiger partial charge on any atom is 0.348 e. The molecule has 0 saturated carbocycles. The summed E-state index contributed by atoms with van der Waals surface area (Å²) in [5, 5.41) is 1.79. The molecule has 0 bridgehead atoms. The van der Waals surface area contributed by atoms with Gasteiger partial charge in [0, 0.05) is 17.0 Å². The largest absolute Gasteiger partial charge is 0.453 e. The van der Waals surface area contributed by atoms with Crippen LogP contribution in [0.1, 0.15) is 31.4 Å². The molecule has 0 saturated heterocycles. The van der Waals surface area contributed by atoms with Gasteiger partial charge in [0.2, 0.25) is 5.78 Å². The molecule has 5 heteroatoms. The van der Waals surface area contributed by atoms with Crippen molar-refractivity contribution in [2.45, 2.75) is 13.8 Å². The third-order valence-electron chi connectivity index (χ3n) is 2.51. The van der Waals surface area contributed by atoms with Crippen LogP contribution in [0.25, 0.3) is 0 Å². The molecule has 0 unspecified atom stereocenters. The van der Waals surface area contributed by atoms with Gasteiger partial charge in [0.15, 0.2) is 6.61 Å². The smallest absolute Gasteiger partial charge is 0.348 e. The number of esters is 1. The number of hydrogen-bond acceptors (Lipinski definition) is 4. The summed E-state index contributed by atoms with van der Waals surface area (Å²) in [5.41, 5.74) is 2.29. The molecule has 2 heterocycles. The summed E-state index contributed by atoms with van der Waals surface area (Å²) in [5.74, 6) is -0.648. The maximum atomic E-state index is 11.9. The van der Waals surface area contributed by atoms with Crippen molar-refractivity contribution in [2.75, 3.05) is 6.61 Å². The molecule has 0 aliphatic carbocycles. The van der Waals surface area contributed by atoms with Crippen LogP contribution in [0.4, 0.5) is 0 Å². The Balaban J connectivity index is 1.97. The summed E-state index contributed by atoms with van der Waals surface area (Å²) in [6, 6.07) is 5.20. The van der Waals surface area contributed by atoms with Crippen molar-refractivity contribution in [2.24, 2.45) is 0 Å². The van der Waals surface area contributed by atoms with E-state index in [1.807, 2.05) is 13.8 Å². The van der Waals surface area contributed by atoms with Crippen LogP contribution in [0, 0.1) is 13.8 Å². The molecule has 0 amide bonds. The number of carbonyl (C=O) groups is 2. The van der Waals surface area contributed by atoms with Crippen molar-refractivity contribution in [3.63, 3.8) is 0 Å². The van der Waals surface area contributed by atoms with Crippen LogP contribution in [-0.2, 0) is 4.74 Å². The van der Waals surface area contributed by atoms with Gasteiger partial charge in [0.25, 0.3) is 0 Å². The first-order valence-electron chi connectivity index (χ1n) is 5.48. The predicted octanol–water partition coefficient (Wildman–Crippen LogP) is 2.73. The van der Waals surface area contributed by atoms with Crippen LogP contribution in [0.5, 0.6) is 0 Å². The molecule has 4 nitrogen and oxygen atoms in total. The number of Topliss-reactive ketones (excluding diaryl/α,β-unsaturated/α-hetero) is 1. The second-order valence-corrected chi connectivity index (χ2v) is 4.92. The number of rotatable bonds is 4. The van der Waals surface area contributed by atoms with Crippen LogP contribution in [0.2, 0.25) is 0 Å². The molecular weight excluding hydrogens is 250 g/mol. The molecule has 0 radical (unpaired) electrons. The number of aromatic amines is 1. The Morgan fingerprint density at radius 2 is 2.17 bits per heavy atom. The highest BCUT2D eigenvalue weighted by Crippen LogP contribution is 2.12. The third-order valence-corrected chi connectivity index (χ3v) is 3.36. The highest BCUT2D eigenvalue weighted by molar-refractivity contribution is 7.11. The first kappa shape index (κ1) is 12.6. The summed E-state index contributed by atoms with van der Waals surface area (Å²) < 4.78 is 4.97. The van der Waals surface area contributed by atoms with Gasteiger partial charge in [-0.1, -0.05) is 6.07 Å². The SMILES string of the molecule is Cc1cc(C(=O)COC(=O)c2cccs2)c(C)[nH]1. The average molecular weight is 263 g/mol. The number of thiophene rings is 1. The Labute approximate surface area is 109 Å². The van der Waals surface area contributed by atoms with Crippen molar-refractivity contribution < 1.29 is 14.3 Å². The van der Waals surface area contributed by atoms with E-state index in [0.29, 0.717) is 10.4 Å². The van der Waals surface area contributed by atoms with Gasteiger partial charge in [-0.2, -0.15) is 0 Å². The van der Waals surface area contributed by atoms with Crippen LogP contribution >= 0.6 is 11.3 Å². The van der Waals surface area contributed by atoms with Crippen LogP contribution in [-0.4, -0.2) is 23.3 Å². The minimum absolute atomic E-state index is 0.193. The van der Waals surface area contributed by atoms with Gasteiger partial charge in [-0.05, 0) is 31.4 Å². The highest BCUT2D eigenvalue weighted by atomic mass is 32.1. The molecule has 0 aliphatic rings. The molecule has 0 atom stereocenters. The summed E-state index contributed by atoms with van der Waals surface area (Å²) in [6.07, 6.45) is 0. The molecule has 94 valence electrons. The van der Waals surface area contributed by atoms with E-state index in [0.717, 1.165) is 11.4 Å². The van der Waals surface area contributed by atoms with Crippen molar-refractivity contribution in [3.05, 3.63) is 45.4 Å². The molecule has 0 fully saturated rings. The summed E-state index contributed by atoms with van der Waals surface area (Å²) in [4.78, 5) is 27.0. The lowest BCUT2D eigenvalue weighted by Crippen LogP contribution is -2.13. The van der Waals surface area contributed by atoms with E-state index in [2.05, 4.69) is 4.98 Å². The first-order valence-corrected chi connectivity index (χ1v) is 6.36. The van der Waals surface area contributed by atoms with Crippen molar-refractivity contribution in [1.82, 2.24) is 4.98 Å². The molecule has 1 N–H and O–H groups in total. The number of H-pyrrole nitrogens is 1. The Kier molecular flexibility index (Phi) is 3.62. The van der Waals surface area contributed by atoms with Crippen LogP contribution in [0.3, 0.4) is 0 Å². The van der Waals surface area contributed by atoms with E-state index in [4.69, 9.17) is 4.74 Å². The standard InChI is InChI=1S/C13H13NO3S/c1-8-6-10(9(2)14-8)11(15)7-17-13(16)12-4-3-5-18-12/h3-6,14H,7H2,1-2H3. The third kappa shape index (κ3) is 2.68. The number of aromatic nitrogens is 1. The maximum absolute atomic E-state index is 11.9. The quantitative estimate of drug-likeness (QED) is 0.681. The van der Waals surface area contributed by atoms with E-state index in [1.165, 1.54) is 11.3 Å². The second-order valence-electron chi connectivity index (χ2n) is 3.97. The molecule has 0 aliphatic heterocycles. The van der Waals surface area contributed by atoms with Crippen LogP contribution in [0.15, 0.2) is 23.6 Å². The molecule has 0 aromatic carbocycles. The van der Waals surface area contributed by atoms with Crippen molar-refractivity contribution >= 4 is 23.1 Å². The molecule has 2 aromatic rings. The lowest BCUT2D eigenvalue weighted by molar-refractivity contribution is 0.0479. The van der Waals surface area contributed by atoms with Gasteiger partial charge in [0.05, 0.1) is 0 Å². The lowest BCUT2D eigenvalue weighted by Gasteiger charge is -2.02. The Morgan fingerprint density at radius 3 is 2.72 bits per heavy atom. The molecule has 2 rings (SSSR count). The van der Waals surface area contributed by atoms with E-state index < -0.39 is 5.97 Å². The van der Waals surface area contributed by atoms with Gasteiger partial charge in [-0.25, -0.2) is 4.79 Å². The van der Waals surface area contributed by atoms with E-state index in [1.54, 1.807) is 23.6 Å². The fourth-order valence-electron chi connectivity index (χ4n) is 1.69. The van der Waals surface area contributed by atoms with Gasteiger partial charge in [-0.3, -0.25) is 4.79 Å². The Bertz CT molecular complexity index is 569. The number of nitrogens with one attached hydrogen (secondary N) is 1. The number of ketones is 1. The first-order chi connectivity index (χ1) is 8.58.